The molecule has 2 aromatic carbocycles. The van der Waals surface area contributed by atoms with Gasteiger partial charge in [0.1, 0.15) is 18.1 Å². The number of halogens is 5. The van der Waals surface area contributed by atoms with Gasteiger partial charge in [-0.3, -0.25) is 14.3 Å². The summed E-state index contributed by atoms with van der Waals surface area (Å²) in [6.45, 7) is -0.203. The number of alkyl halides is 4. The number of benzene rings is 2. The van der Waals surface area contributed by atoms with Gasteiger partial charge in [-0.25, -0.2) is 13.2 Å². The van der Waals surface area contributed by atoms with Crippen LogP contribution in [0.25, 0.3) is 10.9 Å². The quantitative estimate of drug-likeness (QED) is 0.501. The maximum atomic E-state index is 15.0. The third-order valence-electron chi connectivity index (χ3n) is 5.77. The zero-order valence-corrected chi connectivity index (χ0v) is 18.6. The fraction of sp³-hybridized carbons (Fsp3) is 0.348. The zero-order valence-electron chi connectivity index (χ0n) is 18.6. The van der Waals surface area contributed by atoms with Crippen molar-refractivity contribution >= 4 is 28.4 Å². The van der Waals surface area contributed by atoms with Crippen molar-refractivity contribution in [2.24, 2.45) is 0 Å². The Kier molecular flexibility index (Phi) is 6.39. The van der Waals surface area contributed by atoms with Gasteiger partial charge < -0.3 is 15.0 Å². The third kappa shape index (κ3) is 4.77. The first-order valence-corrected chi connectivity index (χ1v) is 10.6. The maximum Gasteiger partial charge on any atom is 0.321 e. The van der Waals surface area contributed by atoms with E-state index in [1.54, 1.807) is 0 Å². The van der Waals surface area contributed by atoms with E-state index in [0.717, 1.165) is 10.7 Å². The summed E-state index contributed by atoms with van der Waals surface area (Å²) in [7, 11) is 1.36. The van der Waals surface area contributed by atoms with Crippen molar-refractivity contribution < 1.29 is 36.3 Å². The largest absolute Gasteiger partial charge is 0.497 e. The number of methoxy groups -OCH3 is 1. The number of hydrogen-bond donors (Lipinski definition) is 1. The number of carbonyl (C=O) groups excluding carboxylic acids is 2. The number of amides is 2. The molecule has 0 bridgehead atoms. The van der Waals surface area contributed by atoms with Crippen LogP contribution in [-0.4, -0.2) is 47.1 Å². The normalized spacial score (nSPS) is 18.5. The van der Waals surface area contributed by atoms with Crippen LogP contribution < -0.4 is 15.0 Å². The van der Waals surface area contributed by atoms with Crippen LogP contribution in [0.3, 0.4) is 0 Å². The lowest BCUT2D eigenvalue weighted by Crippen LogP contribution is -2.46. The standard InChI is InChI=1S/C23H21F5N4O3/c1-23(27,28)22(34)30-17-9-20(33)32(21(17)15-8-14(35-2)4-5-16(15)24)13-3-6-18-12(7-13)10-29-31(18)11-19(25)26/h3-8,10,17,19,21H,9,11H2,1-2H3,(H,30,34). The second-order valence-corrected chi connectivity index (χ2v) is 8.23. The summed E-state index contributed by atoms with van der Waals surface area (Å²) in [4.78, 5) is 26.3. The molecule has 186 valence electrons. The zero-order chi connectivity index (χ0) is 25.5. The van der Waals surface area contributed by atoms with Crippen LogP contribution in [0, 0.1) is 5.82 Å². The fourth-order valence-corrected chi connectivity index (χ4v) is 4.19. The smallest absolute Gasteiger partial charge is 0.321 e. The van der Waals surface area contributed by atoms with E-state index in [0.29, 0.717) is 17.8 Å². The lowest BCUT2D eigenvalue weighted by atomic mass is 9.98. The van der Waals surface area contributed by atoms with E-state index in [2.05, 4.69) is 10.4 Å². The van der Waals surface area contributed by atoms with Gasteiger partial charge in [0, 0.05) is 30.0 Å². The summed E-state index contributed by atoms with van der Waals surface area (Å²) in [5.74, 6) is -6.35. The van der Waals surface area contributed by atoms with E-state index in [-0.39, 0.29) is 23.4 Å². The lowest BCUT2D eigenvalue weighted by Gasteiger charge is -2.30. The van der Waals surface area contributed by atoms with Gasteiger partial charge in [0.05, 0.1) is 30.9 Å². The van der Waals surface area contributed by atoms with Crippen LogP contribution in [0.2, 0.25) is 0 Å². The first-order chi connectivity index (χ1) is 16.5. The Balaban J connectivity index is 1.79. The van der Waals surface area contributed by atoms with Gasteiger partial charge in [0.15, 0.2) is 0 Å². The van der Waals surface area contributed by atoms with Gasteiger partial charge in [0.25, 0.3) is 12.3 Å². The summed E-state index contributed by atoms with van der Waals surface area (Å²) >= 11 is 0. The Bertz CT molecular complexity index is 1270. The van der Waals surface area contributed by atoms with Crippen molar-refractivity contribution in [3.63, 3.8) is 0 Å². The highest BCUT2D eigenvalue weighted by atomic mass is 19.3. The van der Waals surface area contributed by atoms with Gasteiger partial charge >= 0.3 is 5.92 Å². The van der Waals surface area contributed by atoms with E-state index in [1.165, 1.54) is 48.5 Å². The van der Waals surface area contributed by atoms with E-state index in [4.69, 9.17) is 4.74 Å². The van der Waals surface area contributed by atoms with Gasteiger partial charge in [-0.15, -0.1) is 0 Å². The maximum absolute atomic E-state index is 15.0. The molecule has 2 atom stereocenters. The molecular weight excluding hydrogens is 475 g/mol. The molecule has 1 N–H and O–H groups in total. The number of nitrogens with zero attached hydrogens (tertiary/aromatic N) is 3. The van der Waals surface area contributed by atoms with E-state index in [1.807, 2.05) is 0 Å². The summed E-state index contributed by atoms with van der Waals surface area (Å²) in [6, 6.07) is 5.89. The number of rotatable bonds is 7. The molecule has 0 radical (unpaired) electrons. The highest BCUT2D eigenvalue weighted by molar-refractivity contribution is 6.00. The van der Waals surface area contributed by atoms with Crippen molar-refractivity contribution in [2.75, 3.05) is 12.0 Å². The fourth-order valence-electron chi connectivity index (χ4n) is 4.19. The highest BCUT2D eigenvalue weighted by Gasteiger charge is 2.46. The van der Waals surface area contributed by atoms with Crippen LogP contribution in [0.1, 0.15) is 24.9 Å². The molecular formula is C23H21F5N4O3. The number of carbonyl (C=O) groups is 2. The van der Waals surface area contributed by atoms with Gasteiger partial charge in [0.2, 0.25) is 5.91 Å². The van der Waals surface area contributed by atoms with Crippen molar-refractivity contribution in [1.82, 2.24) is 15.1 Å². The molecule has 3 aromatic rings. The molecule has 2 heterocycles. The number of aromatic nitrogens is 2. The lowest BCUT2D eigenvalue weighted by molar-refractivity contribution is -0.143. The van der Waals surface area contributed by atoms with E-state index < -0.39 is 48.6 Å². The third-order valence-corrected chi connectivity index (χ3v) is 5.77. The molecule has 35 heavy (non-hydrogen) atoms. The van der Waals surface area contributed by atoms with Crippen LogP contribution in [0.15, 0.2) is 42.6 Å². The number of nitrogens with one attached hydrogen (secondary N) is 1. The highest BCUT2D eigenvalue weighted by Crippen LogP contribution is 2.40. The van der Waals surface area contributed by atoms with Crippen LogP contribution in [-0.2, 0) is 16.1 Å². The predicted octanol–water partition coefficient (Wildman–Crippen LogP) is 4.07. The van der Waals surface area contributed by atoms with Crippen molar-refractivity contribution in [1.29, 1.82) is 0 Å². The summed E-state index contributed by atoms with van der Waals surface area (Å²) in [6.07, 6.45) is -1.65. The second kappa shape index (κ2) is 9.16. The van der Waals surface area contributed by atoms with Crippen molar-refractivity contribution in [2.45, 2.75) is 44.3 Å². The molecule has 0 aliphatic carbocycles. The molecule has 1 fully saturated rings. The summed E-state index contributed by atoms with van der Waals surface area (Å²) in [5, 5.41) is 6.54. The average Bonchev–Trinajstić information content (AvgIpc) is 3.32. The van der Waals surface area contributed by atoms with E-state index >= 15 is 0 Å². The molecule has 2 amide bonds. The number of fused-ring (bicyclic) bond motifs is 1. The minimum absolute atomic E-state index is 0.0478. The number of anilines is 1. The Morgan fingerprint density at radius 3 is 2.66 bits per heavy atom. The average molecular weight is 496 g/mol. The van der Waals surface area contributed by atoms with Crippen LogP contribution in [0.5, 0.6) is 5.75 Å². The minimum atomic E-state index is -3.72. The minimum Gasteiger partial charge on any atom is -0.497 e. The molecule has 1 saturated heterocycles. The molecule has 2 unspecified atom stereocenters. The molecule has 1 aliphatic heterocycles. The summed E-state index contributed by atoms with van der Waals surface area (Å²) < 4.78 is 74.1. The monoisotopic (exact) mass is 496 g/mol. The van der Waals surface area contributed by atoms with Gasteiger partial charge in [-0.2, -0.15) is 13.9 Å². The predicted molar refractivity (Wildman–Crippen MR) is 116 cm³/mol. The molecule has 0 saturated carbocycles. The molecule has 1 aliphatic rings. The van der Waals surface area contributed by atoms with Crippen molar-refractivity contribution in [3.05, 3.63) is 54.0 Å². The van der Waals surface area contributed by atoms with Gasteiger partial charge in [-0.1, -0.05) is 0 Å². The molecule has 7 nitrogen and oxygen atoms in total. The second-order valence-electron chi connectivity index (χ2n) is 8.23. The number of ether oxygens (including phenoxy) is 1. The molecule has 1 aromatic heterocycles. The number of hydrogen-bond acceptors (Lipinski definition) is 4. The Morgan fingerprint density at radius 1 is 1.26 bits per heavy atom. The van der Waals surface area contributed by atoms with E-state index in [9.17, 15) is 31.5 Å². The van der Waals surface area contributed by atoms with Crippen LogP contribution in [0.4, 0.5) is 27.6 Å². The topological polar surface area (TPSA) is 76.5 Å². The Morgan fingerprint density at radius 2 is 2.00 bits per heavy atom. The Hall–Kier alpha value is -3.70. The molecule has 4 rings (SSSR count). The van der Waals surface area contributed by atoms with Crippen LogP contribution >= 0.6 is 0 Å². The SMILES string of the molecule is COc1ccc(F)c(C2C(NC(=O)C(C)(F)F)CC(=O)N2c2ccc3c(cnn3CC(F)F)c2)c1. The van der Waals surface area contributed by atoms with Gasteiger partial charge in [-0.05, 0) is 36.4 Å². The summed E-state index contributed by atoms with van der Waals surface area (Å²) in [5.41, 5.74) is 0.597. The van der Waals surface area contributed by atoms with Crippen molar-refractivity contribution in [3.8, 4) is 5.75 Å². The Labute approximate surface area is 196 Å². The first kappa shape index (κ1) is 24.4. The molecule has 0 spiro atoms. The molecule has 12 heteroatoms. The first-order valence-electron chi connectivity index (χ1n) is 10.6.